The van der Waals surface area contributed by atoms with Crippen LogP contribution in [-0.2, 0) is 4.79 Å². The van der Waals surface area contributed by atoms with Crippen molar-refractivity contribution < 1.29 is 9.59 Å². The molecule has 2 aliphatic rings. The molecule has 1 unspecified atom stereocenters. The molecule has 0 saturated carbocycles. The van der Waals surface area contributed by atoms with E-state index in [1.54, 1.807) is 23.1 Å². The molecular formula is C18H23Cl2N3O2. The van der Waals surface area contributed by atoms with Crippen molar-refractivity contribution in [2.45, 2.75) is 25.3 Å². The molecule has 2 aliphatic heterocycles. The van der Waals surface area contributed by atoms with E-state index in [1.807, 2.05) is 4.90 Å². The average molecular weight is 384 g/mol. The van der Waals surface area contributed by atoms with Crippen LogP contribution in [0.1, 0.15) is 29.6 Å². The van der Waals surface area contributed by atoms with Gasteiger partial charge < -0.3 is 14.7 Å². The number of halogens is 2. The van der Waals surface area contributed by atoms with Crippen molar-refractivity contribution in [1.82, 2.24) is 14.7 Å². The van der Waals surface area contributed by atoms with Gasteiger partial charge in [-0.15, -0.1) is 0 Å². The predicted molar refractivity (Wildman–Crippen MR) is 99.2 cm³/mol. The monoisotopic (exact) mass is 383 g/mol. The van der Waals surface area contributed by atoms with Gasteiger partial charge in [-0.2, -0.15) is 0 Å². The van der Waals surface area contributed by atoms with E-state index < -0.39 is 0 Å². The van der Waals surface area contributed by atoms with Gasteiger partial charge in [0.2, 0.25) is 5.91 Å². The van der Waals surface area contributed by atoms with E-state index in [4.69, 9.17) is 23.2 Å². The lowest BCUT2D eigenvalue weighted by atomic mass is 10.1. The molecule has 0 radical (unpaired) electrons. The highest BCUT2D eigenvalue weighted by molar-refractivity contribution is 6.35. The molecule has 2 fully saturated rings. The zero-order valence-corrected chi connectivity index (χ0v) is 15.9. The van der Waals surface area contributed by atoms with Gasteiger partial charge in [-0.25, -0.2) is 0 Å². The summed E-state index contributed by atoms with van der Waals surface area (Å²) in [5, 5.41) is 0.849. The number of carbonyl (C=O) groups excluding carboxylic acids is 2. The lowest BCUT2D eigenvalue weighted by Gasteiger charge is -2.29. The Bertz CT molecular complexity index is 647. The fourth-order valence-electron chi connectivity index (χ4n) is 3.59. The second-order valence-electron chi connectivity index (χ2n) is 6.80. The third-order valence-corrected chi connectivity index (χ3v) is 5.38. The van der Waals surface area contributed by atoms with E-state index in [0.717, 1.165) is 39.0 Å². The Kier molecular flexibility index (Phi) is 5.87. The SMILES string of the molecule is CN1CCCN(C(=O)C2CCCN2C(=O)c2cc(Cl)cc(Cl)c2)CC1. The van der Waals surface area contributed by atoms with E-state index in [2.05, 4.69) is 11.9 Å². The van der Waals surface area contributed by atoms with Gasteiger partial charge in [0.25, 0.3) is 5.91 Å². The third-order valence-electron chi connectivity index (χ3n) is 4.94. The molecule has 0 spiro atoms. The van der Waals surface area contributed by atoms with Gasteiger partial charge in [-0.3, -0.25) is 9.59 Å². The molecule has 2 amide bonds. The second-order valence-corrected chi connectivity index (χ2v) is 7.67. The summed E-state index contributed by atoms with van der Waals surface area (Å²) in [7, 11) is 2.07. The van der Waals surface area contributed by atoms with Gasteiger partial charge in [-0.05, 0) is 51.1 Å². The Hall–Kier alpha value is -1.30. The smallest absolute Gasteiger partial charge is 0.254 e. The van der Waals surface area contributed by atoms with Gasteiger partial charge in [-0.1, -0.05) is 23.2 Å². The minimum atomic E-state index is -0.381. The van der Waals surface area contributed by atoms with E-state index >= 15 is 0 Å². The lowest BCUT2D eigenvalue weighted by Crippen LogP contribution is -2.48. The number of nitrogens with zero attached hydrogens (tertiary/aromatic N) is 3. The number of likely N-dealkylation sites (tertiary alicyclic amines) is 1. The second kappa shape index (κ2) is 7.94. The van der Waals surface area contributed by atoms with Crippen molar-refractivity contribution in [3.8, 4) is 0 Å². The van der Waals surface area contributed by atoms with Crippen LogP contribution in [0.5, 0.6) is 0 Å². The van der Waals surface area contributed by atoms with Crippen molar-refractivity contribution in [3.05, 3.63) is 33.8 Å². The number of amides is 2. The Balaban J connectivity index is 1.75. The minimum Gasteiger partial charge on any atom is -0.340 e. The molecule has 3 rings (SSSR count). The van der Waals surface area contributed by atoms with E-state index in [9.17, 15) is 9.59 Å². The highest BCUT2D eigenvalue weighted by atomic mass is 35.5. The van der Waals surface area contributed by atoms with Crippen LogP contribution in [0, 0.1) is 0 Å². The highest BCUT2D eigenvalue weighted by Gasteiger charge is 2.37. The first-order valence-corrected chi connectivity index (χ1v) is 9.45. The predicted octanol–water partition coefficient (Wildman–Crippen LogP) is 2.76. The first-order valence-electron chi connectivity index (χ1n) is 8.70. The van der Waals surface area contributed by atoms with Crippen molar-refractivity contribution in [2.24, 2.45) is 0 Å². The number of carbonyl (C=O) groups is 2. The standard InChI is InChI=1S/C18H23Cl2N3O2/c1-21-5-3-6-22(9-8-21)18(25)16-4-2-7-23(16)17(24)13-10-14(19)12-15(20)11-13/h10-12,16H,2-9H2,1H3. The average Bonchev–Trinajstić information content (AvgIpc) is 2.95. The van der Waals surface area contributed by atoms with Crippen LogP contribution in [0.3, 0.4) is 0 Å². The van der Waals surface area contributed by atoms with Crippen LogP contribution in [0.25, 0.3) is 0 Å². The van der Waals surface area contributed by atoms with E-state index in [-0.39, 0.29) is 17.9 Å². The fraction of sp³-hybridized carbons (Fsp3) is 0.556. The summed E-state index contributed by atoms with van der Waals surface area (Å²) in [6.07, 6.45) is 2.52. The summed E-state index contributed by atoms with van der Waals surface area (Å²) in [5.41, 5.74) is 0.438. The van der Waals surface area contributed by atoms with Crippen molar-refractivity contribution >= 4 is 35.0 Å². The number of hydrogen-bond donors (Lipinski definition) is 0. The first kappa shape index (κ1) is 18.5. The molecule has 25 heavy (non-hydrogen) atoms. The summed E-state index contributed by atoms with van der Waals surface area (Å²) in [5.74, 6) is -0.110. The van der Waals surface area contributed by atoms with Crippen LogP contribution < -0.4 is 0 Å². The zero-order valence-electron chi connectivity index (χ0n) is 14.4. The molecule has 1 atom stereocenters. The highest BCUT2D eigenvalue weighted by Crippen LogP contribution is 2.25. The molecule has 1 aromatic rings. The maximum absolute atomic E-state index is 13.0. The van der Waals surface area contributed by atoms with Crippen LogP contribution in [0.4, 0.5) is 0 Å². The van der Waals surface area contributed by atoms with Gasteiger partial charge in [0.05, 0.1) is 0 Å². The van der Waals surface area contributed by atoms with Crippen LogP contribution in [-0.4, -0.2) is 72.3 Å². The quantitative estimate of drug-likeness (QED) is 0.788. The molecule has 0 aromatic heterocycles. The lowest BCUT2D eigenvalue weighted by molar-refractivity contribution is -0.135. The molecule has 7 heteroatoms. The van der Waals surface area contributed by atoms with Gasteiger partial charge in [0.1, 0.15) is 6.04 Å². The summed E-state index contributed by atoms with van der Waals surface area (Å²) < 4.78 is 0. The molecule has 2 saturated heterocycles. The molecule has 0 N–H and O–H groups in total. The maximum Gasteiger partial charge on any atom is 0.254 e. The normalized spacial score (nSPS) is 22.1. The van der Waals surface area contributed by atoms with Crippen molar-refractivity contribution in [3.63, 3.8) is 0 Å². The molecule has 1 aromatic carbocycles. The topological polar surface area (TPSA) is 43.9 Å². The molecule has 2 heterocycles. The maximum atomic E-state index is 13.0. The largest absolute Gasteiger partial charge is 0.340 e. The van der Waals surface area contributed by atoms with Crippen molar-refractivity contribution in [2.75, 3.05) is 39.8 Å². The molecule has 136 valence electrons. The summed E-state index contributed by atoms with van der Waals surface area (Å²) in [4.78, 5) is 31.7. The zero-order chi connectivity index (χ0) is 18.0. The molecule has 5 nitrogen and oxygen atoms in total. The molecule has 0 bridgehead atoms. The van der Waals surface area contributed by atoms with Crippen LogP contribution in [0.15, 0.2) is 18.2 Å². The molecule has 0 aliphatic carbocycles. The van der Waals surface area contributed by atoms with E-state index in [0.29, 0.717) is 28.6 Å². The van der Waals surface area contributed by atoms with Crippen molar-refractivity contribution in [1.29, 1.82) is 0 Å². The fourth-order valence-corrected chi connectivity index (χ4v) is 4.11. The van der Waals surface area contributed by atoms with E-state index in [1.165, 1.54) is 0 Å². The number of benzene rings is 1. The van der Waals surface area contributed by atoms with Gasteiger partial charge >= 0.3 is 0 Å². The summed E-state index contributed by atoms with van der Waals surface area (Å²) in [6.45, 7) is 3.93. The Morgan fingerprint density at radius 1 is 0.960 bits per heavy atom. The third kappa shape index (κ3) is 4.27. The van der Waals surface area contributed by atoms with Crippen LogP contribution >= 0.6 is 23.2 Å². The number of likely N-dealkylation sites (N-methyl/N-ethyl adjacent to an activating group) is 1. The van der Waals surface area contributed by atoms with Gasteiger partial charge in [0, 0.05) is 41.8 Å². The van der Waals surface area contributed by atoms with Crippen LogP contribution in [0.2, 0.25) is 10.0 Å². The Morgan fingerprint density at radius 2 is 1.68 bits per heavy atom. The van der Waals surface area contributed by atoms with Gasteiger partial charge in [0.15, 0.2) is 0 Å². The Labute approximate surface area is 158 Å². The minimum absolute atomic E-state index is 0.0641. The Morgan fingerprint density at radius 3 is 2.40 bits per heavy atom. The summed E-state index contributed by atoms with van der Waals surface area (Å²) >= 11 is 12.0. The number of hydrogen-bond acceptors (Lipinski definition) is 3. The number of rotatable bonds is 2. The molecular weight excluding hydrogens is 361 g/mol. The first-order chi connectivity index (χ1) is 12.0. The summed E-state index contributed by atoms with van der Waals surface area (Å²) in [6, 6.07) is 4.43.